The lowest BCUT2D eigenvalue weighted by Gasteiger charge is -2.28. The molecule has 1 amide bonds. The second-order valence-corrected chi connectivity index (χ2v) is 7.29. The van der Waals surface area contributed by atoms with Gasteiger partial charge in [0.25, 0.3) is 11.8 Å². The molecule has 0 unspecified atom stereocenters. The van der Waals surface area contributed by atoms with Crippen LogP contribution in [0.25, 0.3) is 0 Å². The highest BCUT2D eigenvalue weighted by Crippen LogP contribution is 2.30. The molecule has 4 rings (SSSR count). The fourth-order valence-corrected chi connectivity index (χ4v) is 3.26. The second-order valence-electron chi connectivity index (χ2n) is 7.29. The molecule has 0 radical (unpaired) electrons. The van der Waals surface area contributed by atoms with E-state index < -0.39 is 11.7 Å². The number of nitrogens with one attached hydrogen (secondary N) is 1. The quantitative estimate of drug-likeness (QED) is 0.601. The number of ether oxygens (including phenoxy) is 2. The van der Waals surface area contributed by atoms with Gasteiger partial charge in [-0.25, -0.2) is 9.97 Å². The van der Waals surface area contributed by atoms with E-state index in [0.29, 0.717) is 54.9 Å². The molecule has 10 heteroatoms. The Bertz CT molecular complexity index is 1080. The summed E-state index contributed by atoms with van der Waals surface area (Å²) < 4.78 is 49.2. The number of carbonyl (C=O) groups excluding carboxylic acids is 1. The van der Waals surface area contributed by atoms with Gasteiger partial charge in [-0.15, -0.1) is 0 Å². The van der Waals surface area contributed by atoms with Crippen LogP contribution < -0.4 is 15.0 Å². The molecule has 3 aromatic rings. The molecule has 2 heterocycles. The fourth-order valence-electron chi connectivity index (χ4n) is 3.26. The lowest BCUT2D eigenvalue weighted by atomic mass is 10.1. The van der Waals surface area contributed by atoms with Crippen LogP contribution >= 0.6 is 0 Å². The number of alkyl halides is 3. The molecular formula is C23H21F3N4O3. The van der Waals surface area contributed by atoms with Crippen molar-refractivity contribution < 1.29 is 27.4 Å². The number of carbonyl (C=O) groups is 1. The number of amides is 1. The number of morpholine rings is 1. The molecule has 1 N–H and O–H groups in total. The lowest BCUT2D eigenvalue weighted by Crippen LogP contribution is -2.37. The van der Waals surface area contributed by atoms with Crippen molar-refractivity contribution in [3.05, 3.63) is 77.6 Å². The van der Waals surface area contributed by atoms with E-state index in [-0.39, 0.29) is 12.5 Å². The van der Waals surface area contributed by atoms with Crippen molar-refractivity contribution in [2.75, 3.05) is 31.2 Å². The third-order valence-electron chi connectivity index (χ3n) is 5.02. The van der Waals surface area contributed by atoms with Gasteiger partial charge in [-0.05, 0) is 42.0 Å². The van der Waals surface area contributed by atoms with Crippen LogP contribution in [0, 0.1) is 0 Å². The molecule has 0 aliphatic carbocycles. The number of benzene rings is 2. The van der Waals surface area contributed by atoms with Crippen molar-refractivity contribution in [1.29, 1.82) is 0 Å². The summed E-state index contributed by atoms with van der Waals surface area (Å²) in [6.45, 7) is 2.69. The van der Waals surface area contributed by atoms with E-state index in [1.54, 1.807) is 36.7 Å². The Labute approximate surface area is 188 Å². The van der Waals surface area contributed by atoms with Crippen LogP contribution in [0.15, 0.2) is 60.9 Å². The third-order valence-corrected chi connectivity index (χ3v) is 5.02. The fraction of sp³-hybridized carbons (Fsp3) is 0.261. The summed E-state index contributed by atoms with van der Waals surface area (Å²) in [5.41, 5.74) is 0.226. The number of anilines is 1. The summed E-state index contributed by atoms with van der Waals surface area (Å²) in [4.78, 5) is 23.1. The molecule has 0 spiro atoms. The Balaban J connectivity index is 1.36. The predicted octanol–water partition coefficient (Wildman–Crippen LogP) is 4.05. The standard InChI is InChI=1S/C23H21F3N4O3/c24-23(25,26)18-5-1-16(2-6-18)15-29-21(31)17-3-7-19(8-4-17)33-22-20(27-9-10-28-22)30-11-13-32-14-12-30/h1-10H,11-15H2,(H,29,31). The summed E-state index contributed by atoms with van der Waals surface area (Å²) in [6.07, 6.45) is -1.25. The Morgan fingerprint density at radius 2 is 1.67 bits per heavy atom. The molecule has 1 fully saturated rings. The first kappa shape index (κ1) is 22.5. The van der Waals surface area contributed by atoms with Crippen LogP contribution in [0.5, 0.6) is 11.6 Å². The summed E-state index contributed by atoms with van der Waals surface area (Å²) in [5.74, 6) is 1.12. The molecule has 1 saturated heterocycles. The average molecular weight is 458 g/mol. The number of halogens is 3. The lowest BCUT2D eigenvalue weighted by molar-refractivity contribution is -0.137. The maximum atomic E-state index is 12.6. The number of hydrogen-bond donors (Lipinski definition) is 1. The SMILES string of the molecule is O=C(NCc1ccc(C(F)(F)F)cc1)c1ccc(Oc2nccnc2N2CCOCC2)cc1. The van der Waals surface area contributed by atoms with Crippen LogP contribution in [0.2, 0.25) is 0 Å². The Morgan fingerprint density at radius 1 is 1.00 bits per heavy atom. The number of aromatic nitrogens is 2. The van der Waals surface area contributed by atoms with Gasteiger partial charge in [0.1, 0.15) is 5.75 Å². The largest absolute Gasteiger partial charge is 0.436 e. The van der Waals surface area contributed by atoms with Crippen LogP contribution in [-0.2, 0) is 17.5 Å². The molecule has 0 bridgehead atoms. The Morgan fingerprint density at radius 3 is 2.33 bits per heavy atom. The van der Waals surface area contributed by atoms with E-state index in [0.717, 1.165) is 12.1 Å². The monoisotopic (exact) mass is 458 g/mol. The van der Waals surface area contributed by atoms with Crippen molar-refractivity contribution in [2.24, 2.45) is 0 Å². The van der Waals surface area contributed by atoms with E-state index >= 15 is 0 Å². The van der Waals surface area contributed by atoms with Crippen molar-refractivity contribution in [2.45, 2.75) is 12.7 Å². The Kier molecular flexibility index (Phi) is 6.74. The molecule has 33 heavy (non-hydrogen) atoms. The highest BCUT2D eigenvalue weighted by atomic mass is 19.4. The van der Waals surface area contributed by atoms with E-state index in [9.17, 15) is 18.0 Å². The van der Waals surface area contributed by atoms with E-state index in [1.165, 1.54) is 12.1 Å². The van der Waals surface area contributed by atoms with Gasteiger partial charge in [-0.3, -0.25) is 4.79 Å². The highest BCUT2D eigenvalue weighted by Gasteiger charge is 2.29. The highest BCUT2D eigenvalue weighted by molar-refractivity contribution is 5.94. The van der Waals surface area contributed by atoms with E-state index in [1.807, 2.05) is 4.90 Å². The minimum Gasteiger partial charge on any atom is -0.436 e. The summed E-state index contributed by atoms with van der Waals surface area (Å²) in [7, 11) is 0. The molecule has 0 saturated carbocycles. The first-order chi connectivity index (χ1) is 15.9. The van der Waals surface area contributed by atoms with Gasteiger partial charge in [0, 0.05) is 37.6 Å². The Hall–Kier alpha value is -3.66. The van der Waals surface area contributed by atoms with Crippen LogP contribution in [0.4, 0.5) is 19.0 Å². The zero-order valence-corrected chi connectivity index (χ0v) is 17.5. The van der Waals surface area contributed by atoms with Gasteiger partial charge >= 0.3 is 6.18 Å². The van der Waals surface area contributed by atoms with Crippen molar-refractivity contribution in [3.63, 3.8) is 0 Å². The maximum Gasteiger partial charge on any atom is 0.416 e. The average Bonchev–Trinajstić information content (AvgIpc) is 2.83. The van der Waals surface area contributed by atoms with E-state index in [4.69, 9.17) is 9.47 Å². The molecule has 7 nitrogen and oxygen atoms in total. The normalized spacial score (nSPS) is 14.1. The van der Waals surface area contributed by atoms with Gasteiger partial charge in [-0.2, -0.15) is 13.2 Å². The number of hydrogen-bond acceptors (Lipinski definition) is 6. The molecule has 0 atom stereocenters. The first-order valence-corrected chi connectivity index (χ1v) is 10.3. The maximum absolute atomic E-state index is 12.6. The van der Waals surface area contributed by atoms with Crippen LogP contribution in [-0.4, -0.2) is 42.2 Å². The molecule has 2 aromatic carbocycles. The third kappa shape index (κ3) is 5.78. The topological polar surface area (TPSA) is 76.6 Å². The number of nitrogens with zero attached hydrogens (tertiary/aromatic N) is 3. The number of rotatable bonds is 6. The first-order valence-electron chi connectivity index (χ1n) is 10.3. The molecule has 172 valence electrons. The van der Waals surface area contributed by atoms with Crippen molar-refractivity contribution >= 4 is 11.7 Å². The second kappa shape index (κ2) is 9.86. The minimum atomic E-state index is -4.39. The minimum absolute atomic E-state index is 0.109. The van der Waals surface area contributed by atoms with Gasteiger partial charge in [-0.1, -0.05) is 12.1 Å². The molecule has 1 aliphatic rings. The van der Waals surface area contributed by atoms with Crippen molar-refractivity contribution in [3.8, 4) is 11.6 Å². The predicted molar refractivity (Wildman–Crippen MR) is 114 cm³/mol. The molecular weight excluding hydrogens is 437 g/mol. The van der Waals surface area contributed by atoms with Crippen LogP contribution in [0.3, 0.4) is 0 Å². The zero-order valence-electron chi connectivity index (χ0n) is 17.5. The molecule has 1 aliphatic heterocycles. The van der Waals surface area contributed by atoms with Gasteiger partial charge in [0.05, 0.1) is 18.8 Å². The van der Waals surface area contributed by atoms with E-state index in [2.05, 4.69) is 15.3 Å². The summed E-state index contributed by atoms with van der Waals surface area (Å²) in [6, 6.07) is 11.1. The summed E-state index contributed by atoms with van der Waals surface area (Å²) in [5, 5.41) is 2.69. The van der Waals surface area contributed by atoms with Gasteiger partial charge in [0.15, 0.2) is 5.82 Å². The summed E-state index contributed by atoms with van der Waals surface area (Å²) >= 11 is 0. The van der Waals surface area contributed by atoms with Crippen LogP contribution in [0.1, 0.15) is 21.5 Å². The van der Waals surface area contributed by atoms with Gasteiger partial charge < -0.3 is 19.7 Å². The molecule has 1 aromatic heterocycles. The smallest absolute Gasteiger partial charge is 0.416 e. The van der Waals surface area contributed by atoms with Crippen molar-refractivity contribution in [1.82, 2.24) is 15.3 Å². The van der Waals surface area contributed by atoms with Gasteiger partial charge in [0.2, 0.25) is 0 Å². The zero-order chi connectivity index (χ0) is 23.3.